The number of thioether (sulfide) groups is 1. The van der Waals surface area contributed by atoms with E-state index in [0.29, 0.717) is 53.8 Å². The Hall–Kier alpha value is -1.87. The molecule has 3 aromatic rings. The Kier molecular flexibility index (Phi) is 9.38. The number of carbonyl (C=O) groups excluding carboxylic acids is 2. The molecule has 0 radical (unpaired) electrons. The normalized spacial score (nSPS) is 14.5. The summed E-state index contributed by atoms with van der Waals surface area (Å²) in [5, 5.41) is 1.27. The molecule has 4 rings (SSSR count). The van der Waals surface area contributed by atoms with Gasteiger partial charge in [0, 0.05) is 15.6 Å². The fraction of sp³-hybridized carbons (Fsp3) is 0.154. The van der Waals surface area contributed by atoms with Gasteiger partial charge in [0.1, 0.15) is 6.61 Å². The summed E-state index contributed by atoms with van der Waals surface area (Å²) in [5.74, 6) is 0.539. The first-order chi connectivity index (χ1) is 17.7. The van der Waals surface area contributed by atoms with Crippen molar-refractivity contribution in [2.24, 2.45) is 0 Å². The number of ether oxygens (including phenoxy) is 2. The zero-order valence-corrected chi connectivity index (χ0v) is 24.6. The number of carbonyl (C=O) groups is 2. The lowest BCUT2D eigenvalue weighted by molar-refractivity contribution is -0.123. The summed E-state index contributed by atoms with van der Waals surface area (Å²) >= 11 is 28.9. The third-order valence-corrected chi connectivity index (χ3v) is 8.19. The largest absolute Gasteiger partial charge is 0.490 e. The lowest BCUT2D eigenvalue weighted by Gasteiger charge is -2.15. The molecule has 1 aliphatic rings. The second-order valence-electron chi connectivity index (χ2n) is 7.77. The van der Waals surface area contributed by atoms with Gasteiger partial charge in [-0.1, -0.05) is 58.5 Å². The third-order valence-electron chi connectivity index (χ3n) is 5.25. The lowest BCUT2D eigenvalue weighted by Crippen LogP contribution is -2.27. The molecule has 5 nitrogen and oxygen atoms in total. The maximum atomic E-state index is 13.1. The van der Waals surface area contributed by atoms with Crippen molar-refractivity contribution in [3.05, 3.63) is 94.7 Å². The maximum absolute atomic E-state index is 13.1. The van der Waals surface area contributed by atoms with Gasteiger partial charge in [0.2, 0.25) is 0 Å². The number of hydrogen-bond acceptors (Lipinski definition) is 5. The number of imide groups is 1. The highest BCUT2D eigenvalue weighted by molar-refractivity contribution is 9.10. The maximum Gasteiger partial charge on any atom is 0.293 e. The Morgan fingerprint density at radius 2 is 1.68 bits per heavy atom. The first-order valence-electron chi connectivity index (χ1n) is 10.9. The van der Waals surface area contributed by atoms with Crippen molar-refractivity contribution in [2.45, 2.75) is 20.1 Å². The molecule has 1 fully saturated rings. The van der Waals surface area contributed by atoms with Gasteiger partial charge in [-0.2, -0.15) is 0 Å². The first-order valence-corrected chi connectivity index (χ1v) is 14.0. The minimum absolute atomic E-state index is 0.0180. The van der Waals surface area contributed by atoms with E-state index in [9.17, 15) is 9.59 Å². The third kappa shape index (κ3) is 6.59. The van der Waals surface area contributed by atoms with Crippen molar-refractivity contribution in [3.63, 3.8) is 0 Å². The van der Waals surface area contributed by atoms with Crippen molar-refractivity contribution in [2.75, 3.05) is 6.61 Å². The van der Waals surface area contributed by atoms with E-state index >= 15 is 0 Å². The molecular weight excluding hydrogens is 644 g/mol. The van der Waals surface area contributed by atoms with Crippen LogP contribution < -0.4 is 9.47 Å². The van der Waals surface area contributed by atoms with Crippen LogP contribution in [0.25, 0.3) is 6.08 Å². The summed E-state index contributed by atoms with van der Waals surface area (Å²) in [5.41, 5.74) is 2.00. The number of hydrogen-bond donors (Lipinski definition) is 0. The molecule has 0 aliphatic carbocycles. The van der Waals surface area contributed by atoms with Crippen molar-refractivity contribution in [1.82, 2.24) is 4.90 Å². The first kappa shape index (κ1) is 28.1. The number of nitrogens with zero attached hydrogens (tertiary/aromatic N) is 1. The van der Waals surface area contributed by atoms with Gasteiger partial charge in [0.05, 0.1) is 32.6 Å². The predicted octanol–water partition coefficient (Wildman–Crippen LogP) is 9.28. The molecule has 0 bridgehead atoms. The number of benzene rings is 3. The molecule has 0 saturated carbocycles. The standard InChI is InChI=1S/C26H18BrCl4NO4S/c1-2-35-22-10-15(8-17(27)24(22)36-13-14-6-7-20(30)21(31)9-14)11-23-25(33)32(26(34)37-23)12-16-18(28)4-3-5-19(16)29/h3-11H,2,12-13H2,1H3/b23-11+. The number of amides is 2. The minimum Gasteiger partial charge on any atom is -0.490 e. The molecule has 0 N–H and O–H groups in total. The molecule has 0 spiro atoms. The van der Waals surface area contributed by atoms with Gasteiger partial charge in [0.25, 0.3) is 11.1 Å². The Morgan fingerprint density at radius 3 is 2.35 bits per heavy atom. The van der Waals surface area contributed by atoms with Crippen molar-refractivity contribution >= 4 is 91.3 Å². The summed E-state index contributed by atoms with van der Waals surface area (Å²) in [4.78, 5) is 27.1. The van der Waals surface area contributed by atoms with Crippen LogP contribution in [0.4, 0.5) is 4.79 Å². The Bertz CT molecular complexity index is 1400. The smallest absolute Gasteiger partial charge is 0.293 e. The van der Waals surface area contributed by atoms with E-state index in [-0.39, 0.29) is 18.1 Å². The molecule has 0 unspecified atom stereocenters. The number of rotatable bonds is 8. The molecule has 192 valence electrons. The molecule has 1 heterocycles. The second kappa shape index (κ2) is 12.3. The van der Waals surface area contributed by atoms with Crippen LogP contribution in [0.1, 0.15) is 23.6 Å². The highest BCUT2D eigenvalue weighted by atomic mass is 79.9. The molecule has 37 heavy (non-hydrogen) atoms. The van der Waals surface area contributed by atoms with Gasteiger partial charge in [0.15, 0.2) is 11.5 Å². The van der Waals surface area contributed by atoms with Crippen LogP contribution in [0.15, 0.2) is 57.9 Å². The molecule has 0 aromatic heterocycles. The highest BCUT2D eigenvalue weighted by Crippen LogP contribution is 2.40. The number of halogens is 5. The van der Waals surface area contributed by atoms with Gasteiger partial charge in [-0.25, -0.2) is 0 Å². The topological polar surface area (TPSA) is 55.8 Å². The zero-order valence-electron chi connectivity index (χ0n) is 19.2. The van der Waals surface area contributed by atoms with Crippen molar-refractivity contribution in [3.8, 4) is 11.5 Å². The van der Waals surface area contributed by atoms with E-state index in [0.717, 1.165) is 22.2 Å². The van der Waals surface area contributed by atoms with Crippen molar-refractivity contribution in [1.29, 1.82) is 0 Å². The SMILES string of the molecule is CCOc1cc(/C=C2/SC(=O)N(Cc3c(Cl)cccc3Cl)C2=O)cc(Br)c1OCc1ccc(Cl)c(Cl)c1. The molecule has 1 saturated heterocycles. The summed E-state index contributed by atoms with van der Waals surface area (Å²) in [6.45, 7) is 2.47. The van der Waals surface area contributed by atoms with Crippen LogP contribution in [0.2, 0.25) is 20.1 Å². The Morgan fingerprint density at radius 1 is 0.946 bits per heavy atom. The van der Waals surface area contributed by atoms with Gasteiger partial charge >= 0.3 is 0 Å². The van der Waals surface area contributed by atoms with E-state index in [1.165, 1.54) is 0 Å². The Labute approximate surface area is 246 Å². The Balaban J connectivity index is 1.57. The fourth-order valence-electron chi connectivity index (χ4n) is 3.49. The van der Waals surface area contributed by atoms with E-state index in [1.54, 1.807) is 48.5 Å². The molecule has 3 aromatic carbocycles. The molecule has 2 amide bonds. The summed E-state index contributed by atoms with van der Waals surface area (Å²) in [7, 11) is 0. The van der Waals surface area contributed by atoms with Crippen LogP contribution in [0, 0.1) is 0 Å². The molecule has 11 heteroatoms. The quantitative estimate of drug-likeness (QED) is 0.225. The minimum atomic E-state index is -0.431. The monoisotopic (exact) mass is 659 g/mol. The van der Waals surface area contributed by atoms with Crippen LogP contribution in [-0.2, 0) is 17.9 Å². The van der Waals surface area contributed by atoms with E-state index < -0.39 is 11.1 Å². The molecular formula is C26H18BrCl4NO4S. The van der Waals surface area contributed by atoms with Gasteiger partial charge in [-0.3, -0.25) is 14.5 Å². The van der Waals surface area contributed by atoms with Crippen LogP contribution in [0.3, 0.4) is 0 Å². The van der Waals surface area contributed by atoms with Gasteiger partial charge in [-0.05, 0) is 88.2 Å². The fourth-order valence-corrected chi connectivity index (χ4v) is 5.74. The lowest BCUT2D eigenvalue weighted by atomic mass is 10.1. The second-order valence-corrected chi connectivity index (χ2v) is 11.2. The summed E-state index contributed by atoms with van der Waals surface area (Å²) < 4.78 is 12.4. The average molecular weight is 662 g/mol. The summed E-state index contributed by atoms with van der Waals surface area (Å²) in [6, 6.07) is 13.8. The zero-order chi connectivity index (χ0) is 26.7. The van der Waals surface area contributed by atoms with Gasteiger partial charge < -0.3 is 9.47 Å². The van der Waals surface area contributed by atoms with Crippen LogP contribution >= 0.6 is 74.1 Å². The van der Waals surface area contributed by atoms with Crippen LogP contribution in [-0.4, -0.2) is 22.7 Å². The summed E-state index contributed by atoms with van der Waals surface area (Å²) in [6.07, 6.45) is 1.63. The van der Waals surface area contributed by atoms with E-state index in [2.05, 4.69) is 15.9 Å². The predicted molar refractivity (Wildman–Crippen MR) is 154 cm³/mol. The average Bonchev–Trinajstić information content (AvgIpc) is 3.10. The van der Waals surface area contributed by atoms with E-state index in [1.807, 2.05) is 13.0 Å². The van der Waals surface area contributed by atoms with Crippen LogP contribution in [0.5, 0.6) is 11.5 Å². The van der Waals surface area contributed by atoms with Gasteiger partial charge in [-0.15, -0.1) is 0 Å². The molecule has 1 aliphatic heterocycles. The highest BCUT2D eigenvalue weighted by Gasteiger charge is 2.35. The van der Waals surface area contributed by atoms with E-state index in [4.69, 9.17) is 55.9 Å². The van der Waals surface area contributed by atoms with Crippen molar-refractivity contribution < 1.29 is 19.1 Å². The molecule has 0 atom stereocenters.